The molecular weight excluding hydrogens is 270 g/mol. The van der Waals surface area contributed by atoms with E-state index in [1.807, 2.05) is 25.1 Å². The highest BCUT2D eigenvalue weighted by Crippen LogP contribution is 2.33. The predicted molar refractivity (Wildman–Crippen MR) is 79.2 cm³/mol. The fourth-order valence-electron chi connectivity index (χ4n) is 2.29. The average molecular weight is 285 g/mol. The predicted octanol–water partition coefficient (Wildman–Crippen LogP) is 2.86. The molecule has 1 aliphatic rings. The zero-order valence-corrected chi connectivity index (χ0v) is 11.6. The Morgan fingerprint density at radius 3 is 2.71 bits per heavy atom. The number of nitrogens with zero attached hydrogens (tertiary/aromatic N) is 2. The van der Waals surface area contributed by atoms with Crippen molar-refractivity contribution in [2.24, 2.45) is 0 Å². The number of anilines is 1. The minimum atomic E-state index is -0.382. The summed E-state index contributed by atoms with van der Waals surface area (Å²) < 4.78 is 5.18. The molecule has 0 aliphatic carbocycles. The smallest absolute Gasteiger partial charge is 0.292 e. The van der Waals surface area contributed by atoms with Gasteiger partial charge in [0.25, 0.3) is 5.69 Å². The van der Waals surface area contributed by atoms with E-state index in [-0.39, 0.29) is 16.1 Å². The fraction of sp³-hybridized carbons (Fsp3) is 0.267. The number of hydrogen-bond donors (Lipinski definition) is 1. The summed E-state index contributed by atoms with van der Waals surface area (Å²) in [5.74, 6) is 0. The van der Waals surface area contributed by atoms with Gasteiger partial charge in [-0.25, -0.2) is 0 Å². The molecule has 1 aliphatic heterocycles. The van der Waals surface area contributed by atoms with Crippen molar-refractivity contribution in [3.05, 3.63) is 52.7 Å². The van der Waals surface area contributed by atoms with Gasteiger partial charge in [-0.1, -0.05) is 6.07 Å². The van der Waals surface area contributed by atoms with Gasteiger partial charge in [0.1, 0.15) is 5.69 Å². The van der Waals surface area contributed by atoms with E-state index in [0.717, 1.165) is 11.3 Å². The first kappa shape index (κ1) is 13.5. The zero-order valence-electron chi connectivity index (χ0n) is 11.6. The Bertz CT molecular complexity index is 669. The number of hydrogen-bond acceptors (Lipinski definition) is 5. The maximum absolute atomic E-state index is 11.2. The molecule has 0 bridgehead atoms. The van der Waals surface area contributed by atoms with Gasteiger partial charge in [0.2, 0.25) is 0 Å². The summed E-state index contributed by atoms with van der Waals surface area (Å²) in [7, 11) is 0. The highest BCUT2D eigenvalue weighted by atomic mass is 16.6. The molecule has 6 heteroatoms. The minimum Gasteiger partial charge on any atom is -0.376 e. The number of ether oxygens (including phenoxy) is 1. The van der Waals surface area contributed by atoms with Crippen LogP contribution in [0.15, 0.2) is 42.6 Å². The molecule has 3 rings (SSSR count). The standard InChI is InChI=1S/C15H15N3O3/c1-15(9-21-10-15)17-13-8-11(5-6-14(13)18(19)20)12-4-2-3-7-16-12/h2-8,17H,9-10H2,1H3. The van der Waals surface area contributed by atoms with Gasteiger partial charge in [0, 0.05) is 17.8 Å². The van der Waals surface area contributed by atoms with Gasteiger partial charge in [-0.05, 0) is 31.2 Å². The summed E-state index contributed by atoms with van der Waals surface area (Å²) in [4.78, 5) is 15.1. The van der Waals surface area contributed by atoms with Gasteiger partial charge in [0.15, 0.2) is 0 Å². The van der Waals surface area contributed by atoms with Gasteiger partial charge in [0.05, 0.1) is 29.4 Å². The first-order valence-electron chi connectivity index (χ1n) is 6.63. The molecule has 21 heavy (non-hydrogen) atoms. The first-order valence-corrected chi connectivity index (χ1v) is 6.63. The van der Waals surface area contributed by atoms with Crippen LogP contribution in [0.25, 0.3) is 11.3 Å². The molecular formula is C15H15N3O3. The Balaban J connectivity index is 2.00. The van der Waals surface area contributed by atoms with E-state index in [1.165, 1.54) is 6.07 Å². The van der Waals surface area contributed by atoms with Gasteiger partial charge < -0.3 is 10.1 Å². The molecule has 0 spiro atoms. The lowest BCUT2D eigenvalue weighted by Gasteiger charge is -2.39. The Kier molecular flexibility index (Phi) is 3.31. The fourth-order valence-corrected chi connectivity index (χ4v) is 2.29. The largest absolute Gasteiger partial charge is 0.376 e. The third-order valence-corrected chi connectivity index (χ3v) is 3.43. The molecule has 1 aromatic heterocycles. The topological polar surface area (TPSA) is 77.3 Å². The van der Waals surface area contributed by atoms with E-state index in [1.54, 1.807) is 18.3 Å². The number of nitrogens with one attached hydrogen (secondary N) is 1. The van der Waals surface area contributed by atoms with Crippen molar-refractivity contribution in [1.82, 2.24) is 4.98 Å². The summed E-state index contributed by atoms with van der Waals surface area (Å²) in [6, 6.07) is 10.6. The average Bonchev–Trinajstić information content (AvgIpc) is 2.46. The van der Waals surface area contributed by atoms with Crippen LogP contribution in [0.5, 0.6) is 0 Å². The monoisotopic (exact) mass is 285 g/mol. The SMILES string of the molecule is CC1(Nc2cc(-c3ccccn3)ccc2[N+](=O)[O-])COC1. The molecule has 1 aromatic carbocycles. The number of pyridine rings is 1. The van der Waals surface area contributed by atoms with Crippen molar-refractivity contribution >= 4 is 11.4 Å². The third kappa shape index (κ3) is 2.71. The molecule has 0 saturated carbocycles. The summed E-state index contributed by atoms with van der Waals surface area (Å²) in [5.41, 5.74) is 1.92. The Labute approximate surface area is 121 Å². The quantitative estimate of drug-likeness (QED) is 0.690. The highest BCUT2D eigenvalue weighted by Gasteiger charge is 2.35. The lowest BCUT2D eigenvalue weighted by molar-refractivity contribution is -0.384. The van der Waals surface area contributed by atoms with Crippen LogP contribution in [0.2, 0.25) is 0 Å². The van der Waals surface area contributed by atoms with Crippen molar-refractivity contribution in [2.45, 2.75) is 12.5 Å². The summed E-state index contributed by atoms with van der Waals surface area (Å²) in [5, 5.41) is 14.4. The molecule has 1 saturated heterocycles. The number of benzene rings is 1. The number of nitro benzene ring substituents is 1. The van der Waals surface area contributed by atoms with Gasteiger partial charge >= 0.3 is 0 Å². The highest BCUT2D eigenvalue weighted by molar-refractivity contribution is 5.73. The minimum absolute atomic E-state index is 0.0582. The van der Waals surface area contributed by atoms with E-state index in [9.17, 15) is 10.1 Å². The summed E-state index contributed by atoms with van der Waals surface area (Å²) in [6.07, 6.45) is 1.70. The van der Waals surface area contributed by atoms with Crippen LogP contribution in [-0.4, -0.2) is 28.7 Å². The van der Waals surface area contributed by atoms with E-state index >= 15 is 0 Å². The second-order valence-corrected chi connectivity index (χ2v) is 5.38. The van der Waals surface area contributed by atoms with Crippen LogP contribution in [0.1, 0.15) is 6.92 Å². The lowest BCUT2D eigenvalue weighted by atomic mass is 9.99. The van der Waals surface area contributed by atoms with Gasteiger partial charge in [-0.15, -0.1) is 0 Å². The van der Waals surface area contributed by atoms with Gasteiger partial charge in [-0.2, -0.15) is 0 Å². The lowest BCUT2D eigenvalue weighted by Crippen LogP contribution is -2.53. The number of rotatable bonds is 4. The Morgan fingerprint density at radius 1 is 1.33 bits per heavy atom. The third-order valence-electron chi connectivity index (χ3n) is 3.43. The summed E-state index contributed by atoms with van der Waals surface area (Å²) in [6.45, 7) is 3.06. The molecule has 0 unspecified atom stereocenters. The maximum Gasteiger partial charge on any atom is 0.292 e. The van der Waals surface area contributed by atoms with Crippen LogP contribution in [0, 0.1) is 10.1 Å². The van der Waals surface area contributed by atoms with Crippen LogP contribution in [0.4, 0.5) is 11.4 Å². The molecule has 1 N–H and O–H groups in total. The van der Waals surface area contributed by atoms with E-state index in [4.69, 9.17) is 4.74 Å². The normalized spacial score (nSPS) is 16.0. The Hall–Kier alpha value is -2.47. The maximum atomic E-state index is 11.2. The van der Waals surface area contributed by atoms with Crippen molar-refractivity contribution in [3.63, 3.8) is 0 Å². The molecule has 0 radical (unpaired) electrons. The molecule has 2 aromatic rings. The molecule has 0 amide bonds. The number of aromatic nitrogens is 1. The molecule has 0 atom stereocenters. The van der Waals surface area contributed by atoms with Crippen molar-refractivity contribution < 1.29 is 9.66 Å². The van der Waals surface area contributed by atoms with Crippen LogP contribution in [0.3, 0.4) is 0 Å². The van der Waals surface area contributed by atoms with E-state index in [0.29, 0.717) is 18.9 Å². The van der Waals surface area contributed by atoms with Crippen molar-refractivity contribution in [1.29, 1.82) is 0 Å². The number of nitro groups is 1. The summed E-state index contributed by atoms with van der Waals surface area (Å²) >= 11 is 0. The van der Waals surface area contributed by atoms with E-state index in [2.05, 4.69) is 10.3 Å². The Morgan fingerprint density at radius 2 is 2.14 bits per heavy atom. The van der Waals surface area contributed by atoms with Crippen LogP contribution >= 0.6 is 0 Å². The molecule has 2 heterocycles. The second-order valence-electron chi connectivity index (χ2n) is 5.38. The van der Waals surface area contributed by atoms with Crippen molar-refractivity contribution in [3.8, 4) is 11.3 Å². The van der Waals surface area contributed by atoms with Crippen molar-refractivity contribution in [2.75, 3.05) is 18.5 Å². The van der Waals surface area contributed by atoms with Crippen LogP contribution in [-0.2, 0) is 4.74 Å². The first-order chi connectivity index (χ1) is 10.1. The second kappa shape index (κ2) is 5.14. The van der Waals surface area contributed by atoms with Gasteiger partial charge in [-0.3, -0.25) is 15.1 Å². The zero-order chi connectivity index (χ0) is 14.9. The molecule has 108 valence electrons. The molecule has 1 fully saturated rings. The van der Waals surface area contributed by atoms with E-state index < -0.39 is 0 Å². The molecule has 6 nitrogen and oxygen atoms in total. The van der Waals surface area contributed by atoms with Crippen LogP contribution < -0.4 is 5.32 Å².